The van der Waals surface area contributed by atoms with Crippen molar-refractivity contribution in [3.05, 3.63) is 58.6 Å². The van der Waals surface area contributed by atoms with Gasteiger partial charge in [0.25, 0.3) is 0 Å². The number of rotatable bonds is 5. The lowest BCUT2D eigenvalue weighted by molar-refractivity contribution is 0.373. The van der Waals surface area contributed by atoms with Crippen molar-refractivity contribution in [2.45, 2.75) is 10.6 Å². The van der Waals surface area contributed by atoms with Crippen molar-refractivity contribution in [1.29, 1.82) is 0 Å². The van der Waals surface area contributed by atoms with Crippen LogP contribution in [-0.2, 0) is 5.75 Å². The third kappa shape index (κ3) is 3.99. The second-order valence-corrected chi connectivity index (χ2v) is 7.12. The molecule has 1 N–H and O–H groups in total. The molecule has 0 bridgehead atoms. The molecule has 6 heteroatoms. The Hall–Kier alpha value is -1.69. The minimum absolute atomic E-state index is 0.129. The van der Waals surface area contributed by atoms with Crippen molar-refractivity contribution >= 4 is 34.7 Å². The number of thiazole rings is 1. The minimum atomic E-state index is 0.129. The number of phenolic OH excluding ortho intramolecular Hbond substituents is 1. The van der Waals surface area contributed by atoms with Gasteiger partial charge in [0.1, 0.15) is 5.01 Å². The summed E-state index contributed by atoms with van der Waals surface area (Å²) >= 11 is 9.27. The molecule has 1 heterocycles. The zero-order valence-corrected chi connectivity index (χ0v) is 14.7. The van der Waals surface area contributed by atoms with Crippen LogP contribution < -0.4 is 4.74 Å². The highest BCUT2D eigenvalue weighted by Crippen LogP contribution is 2.34. The first-order chi connectivity index (χ1) is 11.2. The zero-order chi connectivity index (χ0) is 16.2. The predicted molar refractivity (Wildman–Crippen MR) is 96.8 cm³/mol. The Balaban J connectivity index is 1.73. The van der Waals surface area contributed by atoms with Crippen LogP contribution in [0.5, 0.6) is 11.5 Å². The maximum absolute atomic E-state index is 9.66. The number of benzene rings is 2. The van der Waals surface area contributed by atoms with E-state index in [1.54, 1.807) is 35.2 Å². The largest absolute Gasteiger partial charge is 0.504 e. The van der Waals surface area contributed by atoms with Crippen LogP contribution in [0.3, 0.4) is 0 Å². The number of nitrogens with zero attached hydrogens (tertiary/aromatic N) is 1. The van der Waals surface area contributed by atoms with Gasteiger partial charge >= 0.3 is 0 Å². The Morgan fingerprint density at radius 3 is 2.91 bits per heavy atom. The van der Waals surface area contributed by atoms with Crippen molar-refractivity contribution in [2.75, 3.05) is 7.11 Å². The van der Waals surface area contributed by atoms with Gasteiger partial charge < -0.3 is 9.84 Å². The van der Waals surface area contributed by atoms with Crippen LogP contribution in [0.2, 0.25) is 5.02 Å². The number of aromatic nitrogens is 1. The molecule has 23 heavy (non-hydrogen) atoms. The van der Waals surface area contributed by atoms with Gasteiger partial charge in [-0.2, -0.15) is 0 Å². The molecule has 3 rings (SSSR count). The van der Waals surface area contributed by atoms with E-state index in [2.05, 4.69) is 4.98 Å². The van der Waals surface area contributed by atoms with E-state index < -0.39 is 0 Å². The quantitative estimate of drug-likeness (QED) is 0.610. The first-order valence-electron chi connectivity index (χ1n) is 6.86. The van der Waals surface area contributed by atoms with E-state index in [-0.39, 0.29) is 5.75 Å². The molecule has 0 fully saturated rings. The molecule has 118 valence electrons. The van der Waals surface area contributed by atoms with E-state index in [0.29, 0.717) is 5.75 Å². The molecule has 0 unspecified atom stereocenters. The van der Waals surface area contributed by atoms with Crippen molar-refractivity contribution < 1.29 is 9.84 Å². The highest BCUT2D eigenvalue weighted by atomic mass is 35.5. The lowest BCUT2D eigenvalue weighted by Gasteiger charge is -2.04. The maximum Gasteiger partial charge on any atom is 0.161 e. The normalized spacial score (nSPS) is 10.7. The molecule has 0 radical (unpaired) electrons. The molecule has 3 aromatic rings. The molecule has 0 spiro atoms. The second kappa shape index (κ2) is 7.25. The molecule has 3 nitrogen and oxygen atoms in total. The third-order valence-electron chi connectivity index (χ3n) is 3.16. The summed E-state index contributed by atoms with van der Waals surface area (Å²) in [4.78, 5) is 5.77. The molecule has 0 saturated heterocycles. The fourth-order valence-corrected chi connectivity index (χ4v) is 4.06. The molecule has 0 aliphatic rings. The highest BCUT2D eigenvalue weighted by molar-refractivity contribution is 7.98. The summed E-state index contributed by atoms with van der Waals surface area (Å²) in [5.41, 5.74) is 1.95. The number of hydrogen-bond donors (Lipinski definition) is 1. The number of phenols is 1. The summed E-state index contributed by atoms with van der Waals surface area (Å²) in [6.07, 6.45) is 0. The SMILES string of the molecule is COc1cc(-c2nc(CSc3cccc(Cl)c3)cs2)ccc1O. The summed E-state index contributed by atoms with van der Waals surface area (Å²) < 4.78 is 5.14. The predicted octanol–water partition coefficient (Wildman–Crippen LogP) is 5.47. The fraction of sp³-hybridized carbons (Fsp3) is 0.118. The number of aromatic hydroxyl groups is 1. The number of ether oxygens (including phenoxy) is 1. The number of hydrogen-bond acceptors (Lipinski definition) is 5. The Labute approximate surface area is 147 Å². The molecule has 0 atom stereocenters. The van der Waals surface area contributed by atoms with E-state index in [1.807, 2.05) is 35.7 Å². The van der Waals surface area contributed by atoms with E-state index in [0.717, 1.165) is 31.9 Å². The Bertz CT molecular complexity index is 820. The van der Waals surface area contributed by atoms with E-state index >= 15 is 0 Å². The molecule has 1 aromatic heterocycles. The van der Waals surface area contributed by atoms with Gasteiger partial charge in [-0.1, -0.05) is 17.7 Å². The summed E-state index contributed by atoms with van der Waals surface area (Å²) in [5, 5.41) is 13.4. The summed E-state index contributed by atoms with van der Waals surface area (Å²) in [6.45, 7) is 0. The molecule has 0 aliphatic carbocycles. The van der Waals surface area contributed by atoms with Gasteiger partial charge in [0.2, 0.25) is 0 Å². The smallest absolute Gasteiger partial charge is 0.161 e. The van der Waals surface area contributed by atoms with E-state index in [1.165, 1.54) is 7.11 Å². The van der Waals surface area contributed by atoms with Gasteiger partial charge in [-0.05, 0) is 36.4 Å². The van der Waals surface area contributed by atoms with Crippen LogP contribution in [0.15, 0.2) is 52.7 Å². The minimum Gasteiger partial charge on any atom is -0.504 e. The zero-order valence-electron chi connectivity index (χ0n) is 12.3. The monoisotopic (exact) mass is 363 g/mol. The van der Waals surface area contributed by atoms with Crippen LogP contribution in [-0.4, -0.2) is 17.2 Å². The van der Waals surface area contributed by atoms with Crippen LogP contribution in [0.4, 0.5) is 0 Å². The molecule has 0 amide bonds. The van der Waals surface area contributed by atoms with E-state index in [9.17, 15) is 5.11 Å². The van der Waals surface area contributed by atoms with Crippen molar-refractivity contribution in [3.63, 3.8) is 0 Å². The van der Waals surface area contributed by atoms with Crippen molar-refractivity contribution in [3.8, 4) is 22.1 Å². The van der Waals surface area contributed by atoms with Gasteiger partial charge in [-0.3, -0.25) is 0 Å². The number of thioether (sulfide) groups is 1. The van der Waals surface area contributed by atoms with Gasteiger partial charge in [0.05, 0.1) is 12.8 Å². The number of methoxy groups -OCH3 is 1. The average Bonchev–Trinajstić information content (AvgIpc) is 3.02. The first-order valence-corrected chi connectivity index (χ1v) is 9.10. The molecule has 0 aliphatic heterocycles. The Morgan fingerprint density at radius 1 is 1.26 bits per heavy atom. The third-order valence-corrected chi connectivity index (χ3v) is 5.36. The standard InChI is InChI=1S/C17H14ClNO2S2/c1-21-16-7-11(5-6-15(16)20)17-19-13(10-23-17)9-22-14-4-2-3-12(18)8-14/h2-8,10,20H,9H2,1H3. The Kier molecular flexibility index (Phi) is 5.10. The average molecular weight is 364 g/mol. The summed E-state index contributed by atoms with van der Waals surface area (Å²) in [7, 11) is 1.54. The van der Waals surface area contributed by atoms with E-state index in [4.69, 9.17) is 16.3 Å². The molecular weight excluding hydrogens is 350 g/mol. The van der Waals surface area contributed by atoms with Crippen LogP contribution in [0.1, 0.15) is 5.69 Å². The van der Waals surface area contributed by atoms with Gasteiger partial charge in [-0.15, -0.1) is 23.1 Å². The van der Waals surface area contributed by atoms with Crippen molar-refractivity contribution in [1.82, 2.24) is 4.98 Å². The van der Waals surface area contributed by atoms with Crippen LogP contribution in [0.25, 0.3) is 10.6 Å². The van der Waals surface area contributed by atoms with Gasteiger partial charge in [-0.25, -0.2) is 4.98 Å². The molecular formula is C17H14ClNO2S2. The second-order valence-electron chi connectivity index (χ2n) is 4.78. The van der Waals surface area contributed by atoms with Gasteiger partial charge in [0.15, 0.2) is 11.5 Å². The fourth-order valence-electron chi connectivity index (χ4n) is 2.03. The highest BCUT2D eigenvalue weighted by Gasteiger charge is 2.09. The molecule has 0 saturated carbocycles. The first kappa shape index (κ1) is 16.2. The van der Waals surface area contributed by atoms with Gasteiger partial charge in [0, 0.05) is 26.6 Å². The Morgan fingerprint density at radius 2 is 2.13 bits per heavy atom. The molecule has 2 aromatic carbocycles. The lowest BCUT2D eigenvalue weighted by Crippen LogP contribution is -1.86. The van der Waals surface area contributed by atoms with Crippen LogP contribution >= 0.6 is 34.7 Å². The van der Waals surface area contributed by atoms with Crippen molar-refractivity contribution in [2.24, 2.45) is 0 Å². The van der Waals surface area contributed by atoms with Crippen LogP contribution in [0, 0.1) is 0 Å². The lowest BCUT2D eigenvalue weighted by atomic mass is 10.2. The maximum atomic E-state index is 9.66. The topological polar surface area (TPSA) is 42.4 Å². The summed E-state index contributed by atoms with van der Waals surface area (Å²) in [6, 6.07) is 13.0. The number of halogens is 1. The summed E-state index contributed by atoms with van der Waals surface area (Å²) in [5.74, 6) is 1.36.